The average Bonchev–Trinajstić information content (AvgIpc) is 2.46. The van der Waals surface area contributed by atoms with Crippen LogP contribution in [0.2, 0.25) is 0 Å². The average molecular weight is 255 g/mol. The number of anilines is 2. The van der Waals surface area contributed by atoms with Gasteiger partial charge in [-0.15, -0.1) is 0 Å². The van der Waals surface area contributed by atoms with Crippen LogP contribution >= 0.6 is 0 Å². The van der Waals surface area contributed by atoms with Crippen molar-refractivity contribution in [2.75, 3.05) is 30.4 Å². The van der Waals surface area contributed by atoms with E-state index in [1.54, 1.807) is 0 Å². The Labute approximate surface area is 115 Å². The van der Waals surface area contributed by atoms with Crippen LogP contribution in [-0.4, -0.2) is 25.1 Å². The molecule has 1 aromatic carbocycles. The molecule has 1 aromatic heterocycles. The zero-order chi connectivity index (χ0) is 13.5. The first-order valence-electron chi connectivity index (χ1n) is 6.68. The summed E-state index contributed by atoms with van der Waals surface area (Å²) in [5.74, 6) is 0. The molecule has 3 heteroatoms. The number of aryl methyl sites for hydroxylation is 1. The zero-order valence-electron chi connectivity index (χ0n) is 11.6. The molecule has 1 N–H and O–H groups in total. The quantitative estimate of drug-likeness (QED) is 0.802. The molecule has 0 unspecified atom stereocenters. The van der Waals surface area contributed by atoms with Crippen molar-refractivity contribution in [1.82, 2.24) is 4.98 Å². The van der Waals surface area contributed by atoms with Gasteiger partial charge in [-0.1, -0.05) is 18.2 Å². The van der Waals surface area contributed by atoms with E-state index in [0.717, 1.165) is 19.5 Å². The van der Waals surface area contributed by atoms with E-state index in [4.69, 9.17) is 0 Å². The molecule has 0 aliphatic heterocycles. The third-order valence-electron chi connectivity index (χ3n) is 3.20. The largest absolute Gasteiger partial charge is 0.385 e. The van der Waals surface area contributed by atoms with Crippen molar-refractivity contribution in [2.45, 2.75) is 13.3 Å². The van der Waals surface area contributed by atoms with E-state index in [2.05, 4.69) is 53.4 Å². The summed E-state index contributed by atoms with van der Waals surface area (Å²) in [6, 6.07) is 12.5. The second-order valence-corrected chi connectivity index (χ2v) is 4.73. The number of benzene rings is 1. The molecule has 3 nitrogen and oxygen atoms in total. The number of rotatable bonds is 6. The van der Waals surface area contributed by atoms with Crippen LogP contribution in [-0.2, 0) is 0 Å². The lowest BCUT2D eigenvalue weighted by atomic mass is 10.2. The smallest absolute Gasteiger partial charge is 0.0400 e. The zero-order valence-corrected chi connectivity index (χ0v) is 11.6. The lowest BCUT2D eigenvalue weighted by Crippen LogP contribution is -2.20. The molecule has 100 valence electrons. The van der Waals surface area contributed by atoms with Crippen molar-refractivity contribution in [3.05, 3.63) is 54.4 Å². The van der Waals surface area contributed by atoms with Gasteiger partial charge >= 0.3 is 0 Å². The summed E-state index contributed by atoms with van der Waals surface area (Å²) in [4.78, 5) is 6.37. The van der Waals surface area contributed by atoms with Crippen LogP contribution in [0.15, 0.2) is 48.8 Å². The van der Waals surface area contributed by atoms with Crippen molar-refractivity contribution in [1.29, 1.82) is 0 Å². The first kappa shape index (κ1) is 13.4. The van der Waals surface area contributed by atoms with Gasteiger partial charge in [0, 0.05) is 43.9 Å². The van der Waals surface area contributed by atoms with E-state index in [9.17, 15) is 0 Å². The molecule has 0 saturated carbocycles. The predicted molar refractivity (Wildman–Crippen MR) is 81.8 cm³/mol. The second kappa shape index (κ2) is 6.78. The van der Waals surface area contributed by atoms with Crippen molar-refractivity contribution < 1.29 is 0 Å². The van der Waals surface area contributed by atoms with Gasteiger partial charge in [-0.05, 0) is 37.1 Å². The van der Waals surface area contributed by atoms with Gasteiger partial charge in [0.25, 0.3) is 0 Å². The van der Waals surface area contributed by atoms with Gasteiger partial charge in [-0.25, -0.2) is 0 Å². The number of hydrogen-bond donors (Lipinski definition) is 1. The fraction of sp³-hybridized carbons (Fsp3) is 0.312. The number of aromatic nitrogens is 1. The number of para-hydroxylation sites is 1. The van der Waals surface area contributed by atoms with Crippen molar-refractivity contribution in [2.24, 2.45) is 0 Å². The van der Waals surface area contributed by atoms with Crippen LogP contribution < -0.4 is 10.2 Å². The summed E-state index contributed by atoms with van der Waals surface area (Å²) in [5.41, 5.74) is 3.64. The first-order chi connectivity index (χ1) is 9.27. The van der Waals surface area contributed by atoms with Gasteiger partial charge in [0.2, 0.25) is 0 Å². The van der Waals surface area contributed by atoms with Crippen LogP contribution in [0, 0.1) is 6.92 Å². The van der Waals surface area contributed by atoms with E-state index in [-0.39, 0.29) is 0 Å². The van der Waals surface area contributed by atoms with Gasteiger partial charge in [0.1, 0.15) is 0 Å². The fourth-order valence-corrected chi connectivity index (χ4v) is 2.02. The normalized spacial score (nSPS) is 10.2. The second-order valence-electron chi connectivity index (χ2n) is 4.73. The molecular formula is C16H21N3. The Hall–Kier alpha value is -2.03. The van der Waals surface area contributed by atoms with Crippen LogP contribution in [0.5, 0.6) is 0 Å². The monoisotopic (exact) mass is 255 g/mol. The topological polar surface area (TPSA) is 28.2 Å². The third-order valence-corrected chi connectivity index (χ3v) is 3.20. The minimum Gasteiger partial charge on any atom is -0.385 e. The predicted octanol–water partition coefficient (Wildman–Crippen LogP) is 3.33. The van der Waals surface area contributed by atoms with E-state index < -0.39 is 0 Å². The van der Waals surface area contributed by atoms with Crippen LogP contribution in [0.3, 0.4) is 0 Å². The van der Waals surface area contributed by atoms with Gasteiger partial charge < -0.3 is 10.2 Å². The van der Waals surface area contributed by atoms with Crippen molar-refractivity contribution in [3.63, 3.8) is 0 Å². The Balaban J connectivity index is 1.74. The molecular weight excluding hydrogens is 234 g/mol. The highest BCUT2D eigenvalue weighted by atomic mass is 15.1. The third kappa shape index (κ3) is 3.98. The molecule has 1 heterocycles. The summed E-state index contributed by atoms with van der Waals surface area (Å²) >= 11 is 0. The Morgan fingerprint density at radius 1 is 1.16 bits per heavy atom. The lowest BCUT2D eigenvalue weighted by Gasteiger charge is -2.19. The molecule has 0 fully saturated rings. The number of hydrogen-bond acceptors (Lipinski definition) is 3. The van der Waals surface area contributed by atoms with Crippen molar-refractivity contribution in [3.8, 4) is 0 Å². The standard InChI is InChI=1S/C16H21N3/c1-14-13-17-11-9-16(14)18-10-6-12-19(2)15-7-4-3-5-8-15/h3-5,7-9,11,13H,6,10,12H2,1-2H3,(H,17,18). The van der Waals surface area contributed by atoms with E-state index in [1.807, 2.05) is 24.5 Å². The Kier molecular flexibility index (Phi) is 4.78. The summed E-state index contributed by atoms with van der Waals surface area (Å²) < 4.78 is 0. The summed E-state index contributed by atoms with van der Waals surface area (Å²) in [6.45, 7) is 4.09. The SMILES string of the molecule is Cc1cnccc1NCCCN(C)c1ccccc1. The molecule has 0 bridgehead atoms. The van der Waals surface area contributed by atoms with Gasteiger partial charge in [-0.2, -0.15) is 0 Å². The fourth-order valence-electron chi connectivity index (χ4n) is 2.02. The van der Waals surface area contributed by atoms with Crippen LogP contribution in [0.1, 0.15) is 12.0 Å². The van der Waals surface area contributed by atoms with E-state index >= 15 is 0 Å². The minimum absolute atomic E-state index is 0.974. The van der Waals surface area contributed by atoms with Gasteiger partial charge in [0.05, 0.1) is 0 Å². The molecule has 0 amide bonds. The molecule has 19 heavy (non-hydrogen) atoms. The lowest BCUT2D eigenvalue weighted by molar-refractivity contribution is 0.816. The van der Waals surface area contributed by atoms with Crippen molar-refractivity contribution >= 4 is 11.4 Å². The maximum absolute atomic E-state index is 4.09. The molecule has 2 aromatic rings. The van der Waals surface area contributed by atoms with Gasteiger partial charge in [-0.3, -0.25) is 4.98 Å². The Morgan fingerprint density at radius 2 is 1.95 bits per heavy atom. The van der Waals surface area contributed by atoms with E-state index in [0.29, 0.717) is 0 Å². The van der Waals surface area contributed by atoms with Crippen LogP contribution in [0.25, 0.3) is 0 Å². The molecule has 0 saturated heterocycles. The van der Waals surface area contributed by atoms with Gasteiger partial charge in [0.15, 0.2) is 0 Å². The molecule has 0 radical (unpaired) electrons. The van der Waals surface area contributed by atoms with E-state index in [1.165, 1.54) is 16.9 Å². The number of nitrogens with zero attached hydrogens (tertiary/aromatic N) is 2. The Bertz CT molecular complexity index is 496. The number of nitrogens with one attached hydrogen (secondary N) is 1. The first-order valence-corrected chi connectivity index (χ1v) is 6.68. The molecule has 2 rings (SSSR count). The molecule has 0 spiro atoms. The maximum Gasteiger partial charge on any atom is 0.0400 e. The molecule has 0 atom stereocenters. The minimum atomic E-state index is 0.974. The Morgan fingerprint density at radius 3 is 2.68 bits per heavy atom. The molecule has 0 aliphatic rings. The summed E-state index contributed by atoms with van der Waals surface area (Å²) in [7, 11) is 2.13. The summed E-state index contributed by atoms with van der Waals surface area (Å²) in [6.07, 6.45) is 4.82. The highest BCUT2D eigenvalue weighted by Gasteiger charge is 2.00. The maximum atomic E-state index is 4.09. The molecule has 0 aliphatic carbocycles. The van der Waals surface area contributed by atoms with Crippen LogP contribution in [0.4, 0.5) is 11.4 Å². The highest BCUT2D eigenvalue weighted by molar-refractivity contribution is 5.48. The highest BCUT2D eigenvalue weighted by Crippen LogP contribution is 2.13. The number of pyridine rings is 1. The summed E-state index contributed by atoms with van der Waals surface area (Å²) in [5, 5.41) is 3.45.